The van der Waals surface area contributed by atoms with Crippen molar-refractivity contribution >= 4 is 33.6 Å². The second-order valence-corrected chi connectivity index (χ2v) is 12.6. The van der Waals surface area contributed by atoms with Gasteiger partial charge in [-0.1, -0.05) is 61.5 Å². The number of pyridine rings is 1. The van der Waals surface area contributed by atoms with Crippen LogP contribution in [0.4, 0.5) is 13.2 Å². The molecular formula is C35H36F3N3O5. The van der Waals surface area contributed by atoms with Gasteiger partial charge in [-0.25, -0.2) is 4.79 Å². The number of carbonyl (C=O) groups excluding carboxylic acids is 1. The van der Waals surface area contributed by atoms with Crippen LogP contribution in [0.2, 0.25) is 0 Å². The van der Waals surface area contributed by atoms with E-state index in [1.54, 1.807) is 36.4 Å². The Kier molecular flexibility index (Phi) is 8.41. The molecule has 46 heavy (non-hydrogen) atoms. The molecule has 2 fully saturated rings. The number of piperidine rings is 1. The van der Waals surface area contributed by atoms with Crippen LogP contribution in [0.25, 0.3) is 32.8 Å². The molecule has 0 bridgehead atoms. The topological polar surface area (TPSA) is 101 Å². The van der Waals surface area contributed by atoms with Crippen LogP contribution in [0.1, 0.15) is 37.3 Å². The van der Waals surface area contributed by atoms with E-state index in [1.165, 1.54) is 35.9 Å². The zero-order chi connectivity index (χ0) is 32.8. The number of amides is 1. The number of carboxylic acid groups (broad SMARTS) is 1. The number of aryl methyl sites for hydroxylation is 1. The summed E-state index contributed by atoms with van der Waals surface area (Å²) >= 11 is 0. The molecule has 2 aliphatic heterocycles. The van der Waals surface area contributed by atoms with Gasteiger partial charge < -0.3 is 19.7 Å². The first kappa shape index (κ1) is 31.7. The third-order valence-corrected chi connectivity index (χ3v) is 9.77. The highest BCUT2D eigenvalue weighted by Crippen LogP contribution is 2.42. The van der Waals surface area contributed by atoms with Crippen molar-refractivity contribution in [3.05, 3.63) is 82.1 Å². The molecule has 8 nitrogen and oxygen atoms in total. The number of rotatable bonds is 7. The number of aliphatic carboxylic acids is 1. The maximum atomic E-state index is 14.7. The van der Waals surface area contributed by atoms with Gasteiger partial charge >= 0.3 is 12.1 Å². The van der Waals surface area contributed by atoms with Crippen molar-refractivity contribution in [1.82, 2.24) is 14.8 Å². The fraction of sp³-hybridized carbons (Fsp3) is 0.400. The predicted octanol–water partition coefficient (Wildman–Crippen LogP) is 5.38. The summed E-state index contributed by atoms with van der Waals surface area (Å²) in [5.41, 5.74) is -2.22. The molecule has 3 aromatic carbocycles. The van der Waals surface area contributed by atoms with Crippen LogP contribution in [0.3, 0.4) is 0 Å². The van der Waals surface area contributed by atoms with E-state index < -0.39 is 40.3 Å². The van der Waals surface area contributed by atoms with Crippen molar-refractivity contribution in [2.75, 3.05) is 26.3 Å². The number of aromatic nitrogens is 1. The van der Waals surface area contributed by atoms with Crippen molar-refractivity contribution in [2.24, 2.45) is 12.5 Å². The fourth-order valence-electron chi connectivity index (χ4n) is 6.98. The lowest BCUT2D eigenvalue weighted by molar-refractivity contribution is -0.144. The molecule has 11 heteroatoms. The summed E-state index contributed by atoms with van der Waals surface area (Å²) in [5, 5.41) is 13.7. The largest absolute Gasteiger partial charge is 0.480 e. The minimum Gasteiger partial charge on any atom is -0.480 e. The quantitative estimate of drug-likeness (QED) is 0.283. The molecule has 1 aromatic heterocycles. The van der Waals surface area contributed by atoms with Gasteiger partial charge in [0.05, 0.1) is 23.3 Å². The van der Waals surface area contributed by atoms with E-state index in [-0.39, 0.29) is 28.8 Å². The van der Waals surface area contributed by atoms with E-state index in [0.29, 0.717) is 41.8 Å². The van der Waals surface area contributed by atoms with E-state index in [4.69, 9.17) is 4.74 Å². The van der Waals surface area contributed by atoms with Gasteiger partial charge in [-0.15, -0.1) is 0 Å². The summed E-state index contributed by atoms with van der Waals surface area (Å²) in [4.78, 5) is 41.8. The number of ether oxygens (including phenoxy) is 1. The number of fused-ring (bicyclic) bond motifs is 2. The number of nitrogens with zero attached hydrogens (tertiary/aromatic N) is 2. The maximum absolute atomic E-state index is 14.7. The Bertz CT molecular complexity index is 1870. The minimum atomic E-state index is -4.82. The summed E-state index contributed by atoms with van der Waals surface area (Å²) in [6, 6.07) is 14.7. The number of carboxylic acids is 1. The van der Waals surface area contributed by atoms with Gasteiger partial charge in [0, 0.05) is 36.9 Å². The Labute approximate surface area is 263 Å². The van der Waals surface area contributed by atoms with Gasteiger partial charge in [0.2, 0.25) is 5.91 Å². The zero-order valence-electron chi connectivity index (χ0n) is 25.7. The molecule has 1 amide bonds. The third-order valence-electron chi connectivity index (χ3n) is 9.77. The van der Waals surface area contributed by atoms with E-state index in [9.17, 15) is 32.7 Å². The molecule has 0 radical (unpaired) electrons. The van der Waals surface area contributed by atoms with E-state index >= 15 is 0 Å². The molecule has 242 valence electrons. The predicted molar refractivity (Wildman–Crippen MR) is 169 cm³/mol. The standard InChI is InChI=1S/C35H36F3N3O5/c1-34(14-16-41(17-15-34)22-13-18-46-20-22)33(45)39-27(32(43)44)19-21-7-5-10-24-23(21)9-6-11-25(24)29-30(35(36,37)38)26-8-3-4-12-28(26)40(2)31(29)42/h3-12,22,27H,13-20H2,1-2H3,(H,39,45)(H,43,44)/t22-,27-/m0/s1. The number of nitrogens with one attached hydrogen (secondary N) is 1. The molecule has 2 saturated heterocycles. The highest BCUT2D eigenvalue weighted by molar-refractivity contribution is 6.02. The number of likely N-dealkylation sites (tertiary alicyclic amines) is 1. The number of hydrogen-bond acceptors (Lipinski definition) is 5. The van der Waals surface area contributed by atoms with Crippen molar-refractivity contribution in [2.45, 2.75) is 50.9 Å². The molecule has 0 saturated carbocycles. The average molecular weight is 636 g/mol. The van der Waals surface area contributed by atoms with E-state index in [0.717, 1.165) is 26.1 Å². The van der Waals surface area contributed by atoms with Gasteiger partial charge in [-0.05, 0) is 60.3 Å². The van der Waals surface area contributed by atoms with Crippen molar-refractivity contribution < 1.29 is 32.6 Å². The van der Waals surface area contributed by atoms with Gasteiger partial charge in [0.15, 0.2) is 0 Å². The molecule has 0 unspecified atom stereocenters. The van der Waals surface area contributed by atoms with Crippen LogP contribution >= 0.6 is 0 Å². The Morgan fingerprint density at radius 1 is 1.02 bits per heavy atom. The average Bonchev–Trinajstić information content (AvgIpc) is 3.57. The molecule has 2 aliphatic rings. The number of hydrogen-bond donors (Lipinski definition) is 2. The van der Waals surface area contributed by atoms with E-state index in [1.807, 2.05) is 6.92 Å². The molecule has 2 N–H and O–H groups in total. The Morgan fingerprint density at radius 3 is 2.37 bits per heavy atom. The summed E-state index contributed by atoms with van der Waals surface area (Å²) in [6.45, 7) is 4.71. The van der Waals surface area contributed by atoms with Crippen LogP contribution in [-0.2, 0) is 34.0 Å². The van der Waals surface area contributed by atoms with Crippen molar-refractivity contribution in [3.8, 4) is 11.1 Å². The lowest BCUT2D eigenvalue weighted by Gasteiger charge is -2.40. The monoisotopic (exact) mass is 635 g/mol. The number of carbonyl (C=O) groups is 2. The molecule has 0 aliphatic carbocycles. The second kappa shape index (κ2) is 12.2. The van der Waals surface area contributed by atoms with Gasteiger partial charge in [-0.2, -0.15) is 13.2 Å². The van der Waals surface area contributed by atoms with Gasteiger partial charge in [-0.3, -0.25) is 14.5 Å². The molecule has 4 aromatic rings. The third kappa shape index (κ3) is 5.78. The fourth-order valence-corrected chi connectivity index (χ4v) is 6.98. The summed E-state index contributed by atoms with van der Waals surface area (Å²) in [7, 11) is 1.44. The van der Waals surface area contributed by atoms with E-state index in [2.05, 4.69) is 10.2 Å². The lowest BCUT2D eigenvalue weighted by atomic mass is 9.78. The highest BCUT2D eigenvalue weighted by atomic mass is 19.4. The molecule has 2 atom stereocenters. The summed E-state index contributed by atoms with van der Waals surface area (Å²) in [6.07, 6.45) is -2.78. The molecule has 6 rings (SSSR count). The normalized spacial score (nSPS) is 19.4. The molecule has 0 spiro atoms. The number of benzene rings is 3. The van der Waals surface area contributed by atoms with Crippen molar-refractivity contribution in [1.29, 1.82) is 0 Å². The number of alkyl halides is 3. The first-order valence-corrected chi connectivity index (χ1v) is 15.4. The Balaban J connectivity index is 1.33. The summed E-state index contributed by atoms with van der Waals surface area (Å²) < 4.78 is 50.7. The van der Waals surface area contributed by atoms with Gasteiger partial charge in [0.1, 0.15) is 6.04 Å². The Morgan fingerprint density at radius 2 is 1.70 bits per heavy atom. The lowest BCUT2D eigenvalue weighted by Crippen LogP contribution is -2.53. The minimum absolute atomic E-state index is 0.0919. The smallest absolute Gasteiger partial charge is 0.417 e. The maximum Gasteiger partial charge on any atom is 0.417 e. The number of para-hydroxylation sites is 1. The van der Waals surface area contributed by atoms with Crippen LogP contribution in [-0.4, -0.2) is 64.8 Å². The number of halogens is 3. The second-order valence-electron chi connectivity index (χ2n) is 12.6. The van der Waals surface area contributed by atoms with Crippen LogP contribution < -0.4 is 10.9 Å². The molecular weight excluding hydrogens is 599 g/mol. The van der Waals surface area contributed by atoms with Crippen LogP contribution in [0.15, 0.2) is 65.5 Å². The summed E-state index contributed by atoms with van der Waals surface area (Å²) in [5.74, 6) is -1.55. The SMILES string of the molecule is Cn1c(=O)c(-c2cccc3c(C[C@H](NC(=O)C4(C)CCN([C@H]5CCOC5)CC4)C(=O)O)cccc23)c(C(F)(F)F)c2ccccc21. The van der Waals surface area contributed by atoms with Gasteiger partial charge in [0.25, 0.3) is 5.56 Å². The van der Waals surface area contributed by atoms with Crippen LogP contribution in [0.5, 0.6) is 0 Å². The first-order chi connectivity index (χ1) is 21.9. The highest BCUT2D eigenvalue weighted by Gasteiger charge is 2.41. The Hall–Kier alpha value is -4.22. The first-order valence-electron chi connectivity index (χ1n) is 15.4. The van der Waals surface area contributed by atoms with Crippen molar-refractivity contribution in [3.63, 3.8) is 0 Å². The zero-order valence-corrected chi connectivity index (χ0v) is 25.7. The molecule has 3 heterocycles. The van der Waals surface area contributed by atoms with Crippen LogP contribution in [0, 0.1) is 5.41 Å².